The van der Waals surface area contributed by atoms with E-state index in [9.17, 15) is 13.6 Å². The van der Waals surface area contributed by atoms with E-state index in [0.29, 0.717) is 34.7 Å². The Labute approximate surface area is 166 Å². The summed E-state index contributed by atoms with van der Waals surface area (Å²) in [6.07, 6.45) is 3.98. The van der Waals surface area contributed by atoms with Gasteiger partial charge in [-0.15, -0.1) is 0 Å². The van der Waals surface area contributed by atoms with Crippen molar-refractivity contribution in [2.75, 3.05) is 0 Å². The summed E-state index contributed by atoms with van der Waals surface area (Å²) in [5, 5.41) is 0.478. The smallest absolute Gasteiger partial charge is 0.388 e. The summed E-state index contributed by atoms with van der Waals surface area (Å²) < 4.78 is 30.1. The summed E-state index contributed by atoms with van der Waals surface area (Å²) in [4.78, 5) is 19.9. The highest BCUT2D eigenvalue weighted by atomic mass is 35.5. The molecule has 0 saturated carbocycles. The first kappa shape index (κ1) is 19.9. The summed E-state index contributed by atoms with van der Waals surface area (Å²) in [6, 6.07) is 12.1. The Bertz CT molecular complexity index is 978. The van der Waals surface area contributed by atoms with Crippen LogP contribution in [0.4, 0.5) is 8.78 Å². The van der Waals surface area contributed by atoms with Crippen LogP contribution in [-0.4, -0.2) is 22.4 Å². The van der Waals surface area contributed by atoms with Gasteiger partial charge >= 0.3 is 6.61 Å². The molecule has 2 heterocycles. The van der Waals surface area contributed by atoms with Crippen molar-refractivity contribution >= 4 is 17.4 Å². The molecule has 2 aromatic heterocycles. The first-order chi connectivity index (χ1) is 13.5. The monoisotopic (exact) mass is 402 g/mol. The van der Waals surface area contributed by atoms with Crippen molar-refractivity contribution in [1.82, 2.24) is 9.97 Å². The van der Waals surface area contributed by atoms with E-state index < -0.39 is 6.61 Å². The number of aromatic nitrogens is 2. The van der Waals surface area contributed by atoms with Crippen molar-refractivity contribution in [1.29, 1.82) is 0 Å². The van der Waals surface area contributed by atoms with Crippen molar-refractivity contribution in [2.24, 2.45) is 0 Å². The summed E-state index contributed by atoms with van der Waals surface area (Å²) in [6.45, 7) is -1.20. The van der Waals surface area contributed by atoms with Crippen molar-refractivity contribution in [3.63, 3.8) is 0 Å². The number of pyridine rings is 2. The second-order valence-electron chi connectivity index (χ2n) is 6.09. The number of hydrogen-bond acceptors (Lipinski definition) is 4. The van der Waals surface area contributed by atoms with Crippen LogP contribution in [0, 0.1) is 0 Å². The van der Waals surface area contributed by atoms with E-state index in [4.69, 9.17) is 11.6 Å². The predicted molar refractivity (Wildman–Crippen MR) is 103 cm³/mol. The summed E-state index contributed by atoms with van der Waals surface area (Å²) in [5.74, 6) is -0.187. The number of ether oxygens (including phenoxy) is 1. The molecular weight excluding hydrogens is 386 g/mol. The molecule has 3 rings (SSSR count). The number of rotatable bonds is 7. The first-order valence-corrected chi connectivity index (χ1v) is 9.02. The molecule has 1 aromatic carbocycles. The average molecular weight is 403 g/mol. The Kier molecular flexibility index (Phi) is 6.31. The van der Waals surface area contributed by atoms with E-state index in [1.54, 1.807) is 49.5 Å². The highest BCUT2D eigenvalue weighted by Crippen LogP contribution is 2.32. The second-order valence-corrected chi connectivity index (χ2v) is 6.53. The Morgan fingerprint density at radius 3 is 2.54 bits per heavy atom. The number of nitrogens with zero attached hydrogens (tertiary/aromatic N) is 2. The van der Waals surface area contributed by atoms with Crippen LogP contribution >= 0.6 is 11.6 Å². The summed E-state index contributed by atoms with van der Waals surface area (Å²) in [7, 11) is 0. The third kappa shape index (κ3) is 4.89. The number of carbonyl (C=O) groups is 1. The van der Waals surface area contributed by atoms with Crippen LogP contribution in [0.5, 0.6) is 5.88 Å². The molecule has 0 aliphatic heterocycles. The van der Waals surface area contributed by atoms with Gasteiger partial charge in [0.2, 0.25) is 5.88 Å². The molecule has 0 aliphatic carbocycles. The van der Waals surface area contributed by atoms with Crippen LogP contribution < -0.4 is 4.74 Å². The van der Waals surface area contributed by atoms with Gasteiger partial charge in [-0.3, -0.25) is 9.78 Å². The zero-order valence-corrected chi connectivity index (χ0v) is 15.8. The molecule has 0 amide bonds. The van der Waals surface area contributed by atoms with Crippen LogP contribution in [0.2, 0.25) is 5.02 Å². The lowest BCUT2D eigenvalue weighted by Crippen LogP contribution is -2.06. The fourth-order valence-corrected chi connectivity index (χ4v) is 2.93. The largest absolute Gasteiger partial charge is 0.416 e. The fourth-order valence-electron chi connectivity index (χ4n) is 2.74. The maximum atomic E-state index is 12.8. The zero-order chi connectivity index (χ0) is 20.1. The fraction of sp³-hybridized carbons (Fsp3) is 0.190. The number of halogens is 3. The second kappa shape index (κ2) is 8.89. The average Bonchev–Trinajstić information content (AvgIpc) is 2.68. The number of alkyl halides is 2. The topological polar surface area (TPSA) is 52.1 Å². The van der Waals surface area contributed by atoms with E-state index in [0.717, 1.165) is 11.1 Å². The van der Waals surface area contributed by atoms with E-state index in [1.165, 1.54) is 6.20 Å². The summed E-state index contributed by atoms with van der Waals surface area (Å²) >= 11 is 6.03. The van der Waals surface area contributed by atoms with Gasteiger partial charge in [-0.2, -0.15) is 8.78 Å². The molecular formula is C21H17ClF2N2O2. The molecule has 0 saturated heterocycles. The highest BCUT2D eigenvalue weighted by Gasteiger charge is 2.15. The van der Waals surface area contributed by atoms with E-state index >= 15 is 0 Å². The third-order valence-electron chi connectivity index (χ3n) is 4.08. The minimum Gasteiger partial charge on any atom is -0.416 e. The van der Waals surface area contributed by atoms with Gasteiger partial charge < -0.3 is 4.74 Å². The molecule has 28 heavy (non-hydrogen) atoms. The quantitative estimate of drug-likeness (QED) is 0.484. The number of carbonyl (C=O) groups excluding carboxylic acids is 1. The van der Waals surface area contributed by atoms with Crippen LogP contribution in [0.3, 0.4) is 0 Å². The molecule has 7 heteroatoms. The van der Waals surface area contributed by atoms with Crippen LogP contribution in [-0.2, 0) is 6.42 Å². The lowest BCUT2D eigenvalue weighted by atomic mass is 10.0. The van der Waals surface area contributed by atoms with Gasteiger partial charge in [-0.1, -0.05) is 36.7 Å². The van der Waals surface area contributed by atoms with Crippen molar-refractivity contribution in [3.8, 4) is 17.0 Å². The Balaban J connectivity index is 1.92. The number of ketones is 1. The standard InChI is InChI=1S/C21H17ClF2N2O2/c1-2-19(27)18-7-6-13(11-25-18)8-14-9-17(15-4-3-5-16(22)10-15)20(26-12-14)28-21(23)24/h3-7,9-12,21H,2,8H2,1H3. The van der Waals surface area contributed by atoms with Crippen LogP contribution in [0.1, 0.15) is 35.0 Å². The molecule has 0 N–H and O–H groups in total. The lowest BCUT2D eigenvalue weighted by molar-refractivity contribution is -0.0524. The lowest BCUT2D eigenvalue weighted by Gasteiger charge is -2.12. The highest BCUT2D eigenvalue weighted by molar-refractivity contribution is 6.30. The number of Topliss-reactive ketones (excluding diaryl/α,β-unsaturated/α-hetero) is 1. The zero-order valence-electron chi connectivity index (χ0n) is 15.0. The Morgan fingerprint density at radius 1 is 1.11 bits per heavy atom. The SMILES string of the molecule is CCC(=O)c1ccc(Cc2cnc(OC(F)F)c(-c3cccc(Cl)c3)c2)cn1. The minimum atomic E-state index is -2.98. The van der Waals surface area contributed by atoms with Gasteiger partial charge in [0.1, 0.15) is 5.69 Å². The van der Waals surface area contributed by atoms with Crippen LogP contribution in [0.15, 0.2) is 54.9 Å². The third-order valence-corrected chi connectivity index (χ3v) is 4.32. The molecule has 0 radical (unpaired) electrons. The van der Waals surface area contributed by atoms with Gasteiger partial charge in [0, 0.05) is 35.8 Å². The Morgan fingerprint density at radius 2 is 1.89 bits per heavy atom. The van der Waals surface area contributed by atoms with Gasteiger partial charge in [0.05, 0.1) is 0 Å². The maximum Gasteiger partial charge on any atom is 0.388 e. The molecule has 0 spiro atoms. The van der Waals surface area contributed by atoms with E-state index in [1.807, 2.05) is 6.07 Å². The van der Waals surface area contributed by atoms with Crippen molar-refractivity contribution < 1.29 is 18.3 Å². The molecule has 3 aromatic rings. The van der Waals surface area contributed by atoms with Gasteiger partial charge in [0.25, 0.3) is 0 Å². The van der Waals surface area contributed by atoms with Crippen molar-refractivity contribution in [3.05, 3.63) is 76.7 Å². The maximum absolute atomic E-state index is 12.8. The number of hydrogen-bond donors (Lipinski definition) is 0. The Hall–Kier alpha value is -2.86. The molecule has 0 aliphatic rings. The molecule has 0 unspecified atom stereocenters. The first-order valence-electron chi connectivity index (χ1n) is 8.64. The minimum absolute atomic E-state index is 0.0232. The molecule has 4 nitrogen and oxygen atoms in total. The van der Waals surface area contributed by atoms with Gasteiger partial charge in [0.15, 0.2) is 5.78 Å². The molecule has 144 valence electrons. The molecule has 0 atom stereocenters. The normalized spacial score (nSPS) is 10.9. The van der Waals surface area contributed by atoms with E-state index in [-0.39, 0.29) is 11.7 Å². The predicted octanol–water partition coefficient (Wildman–Crippen LogP) is 5.58. The number of benzene rings is 1. The van der Waals surface area contributed by atoms with Crippen molar-refractivity contribution in [2.45, 2.75) is 26.4 Å². The van der Waals surface area contributed by atoms with Gasteiger partial charge in [-0.25, -0.2) is 4.98 Å². The molecule has 0 bridgehead atoms. The van der Waals surface area contributed by atoms with E-state index in [2.05, 4.69) is 14.7 Å². The summed E-state index contributed by atoms with van der Waals surface area (Å²) in [5.41, 5.74) is 3.12. The van der Waals surface area contributed by atoms with Gasteiger partial charge in [-0.05, 0) is 41.0 Å². The van der Waals surface area contributed by atoms with Crippen LogP contribution in [0.25, 0.3) is 11.1 Å². The molecule has 0 fully saturated rings.